The maximum atomic E-state index is 2.41. The van der Waals surface area contributed by atoms with Gasteiger partial charge in [0.25, 0.3) is 0 Å². The van der Waals surface area contributed by atoms with Gasteiger partial charge < -0.3 is 4.90 Å². The third-order valence-corrected chi connectivity index (χ3v) is 10.4. The first-order valence-electron chi connectivity index (χ1n) is 17.7. The van der Waals surface area contributed by atoms with Crippen LogP contribution in [0.2, 0.25) is 0 Å². The maximum absolute atomic E-state index is 2.41. The molecule has 0 amide bonds. The first-order chi connectivity index (χ1) is 25.2. The molecule has 1 nitrogen and oxygen atoms in total. The molecule has 8 aromatic carbocycles. The SMILES string of the molecule is Cc1ccc(C2(c3ccccc3)c3ccccc3-c3cc(N(c4ccc(-c5ccccc5)cc4)c4cccc(-c5ccccc5)c4)ccc32)cc1. The second-order valence-corrected chi connectivity index (χ2v) is 13.4. The van der Waals surface area contributed by atoms with Crippen molar-refractivity contribution in [2.45, 2.75) is 12.3 Å². The molecular weight excluding hydrogens is 615 g/mol. The highest BCUT2D eigenvalue weighted by Crippen LogP contribution is 2.57. The molecule has 0 fully saturated rings. The van der Waals surface area contributed by atoms with E-state index >= 15 is 0 Å². The fourth-order valence-electron chi connectivity index (χ4n) is 8.03. The van der Waals surface area contributed by atoms with Crippen LogP contribution in [0, 0.1) is 6.92 Å². The number of benzene rings is 8. The van der Waals surface area contributed by atoms with Crippen LogP contribution >= 0.6 is 0 Å². The van der Waals surface area contributed by atoms with Gasteiger partial charge in [0.1, 0.15) is 0 Å². The predicted molar refractivity (Wildman–Crippen MR) is 214 cm³/mol. The number of nitrogens with zero attached hydrogens (tertiary/aromatic N) is 1. The Bertz CT molecular complexity index is 2450. The van der Waals surface area contributed by atoms with E-state index in [1.807, 2.05) is 0 Å². The Labute approximate surface area is 300 Å². The van der Waals surface area contributed by atoms with Crippen molar-refractivity contribution < 1.29 is 0 Å². The van der Waals surface area contributed by atoms with E-state index in [0.717, 1.165) is 17.1 Å². The molecule has 1 atom stereocenters. The quantitative estimate of drug-likeness (QED) is 0.166. The predicted octanol–water partition coefficient (Wildman–Crippen LogP) is 13.2. The van der Waals surface area contributed by atoms with Crippen molar-refractivity contribution in [2.75, 3.05) is 4.90 Å². The molecule has 0 aliphatic heterocycles. The van der Waals surface area contributed by atoms with Crippen molar-refractivity contribution >= 4 is 17.1 Å². The number of hydrogen-bond donors (Lipinski definition) is 0. The van der Waals surface area contributed by atoms with E-state index in [1.54, 1.807) is 0 Å². The smallest absolute Gasteiger partial charge is 0.0713 e. The van der Waals surface area contributed by atoms with Crippen LogP contribution in [0.3, 0.4) is 0 Å². The molecule has 0 bridgehead atoms. The third-order valence-electron chi connectivity index (χ3n) is 10.4. The number of aryl methyl sites for hydroxylation is 1. The second kappa shape index (κ2) is 12.8. The minimum Gasteiger partial charge on any atom is -0.310 e. The summed E-state index contributed by atoms with van der Waals surface area (Å²) < 4.78 is 0. The van der Waals surface area contributed by atoms with E-state index in [9.17, 15) is 0 Å². The first kappa shape index (κ1) is 30.6. The summed E-state index contributed by atoms with van der Waals surface area (Å²) in [4.78, 5) is 2.40. The fraction of sp³-hybridized carbons (Fsp3) is 0.0400. The van der Waals surface area contributed by atoms with E-state index in [2.05, 4.69) is 218 Å². The average molecular weight is 652 g/mol. The summed E-state index contributed by atoms with van der Waals surface area (Å²) >= 11 is 0. The highest BCUT2D eigenvalue weighted by Gasteiger charge is 2.46. The molecule has 9 rings (SSSR count). The van der Waals surface area contributed by atoms with Crippen LogP contribution in [0.15, 0.2) is 206 Å². The minimum absolute atomic E-state index is 0.436. The van der Waals surface area contributed by atoms with E-state index in [1.165, 1.54) is 61.2 Å². The van der Waals surface area contributed by atoms with Crippen LogP contribution in [0.25, 0.3) is 33.4 Å². The van der Waals surface area contributed by atoms with Gasteiger partial charge in [-0.1, -0.05) is 175 Å². The normalized spacial score (nSPS) is 14.5. The van der Waals surface area contributed by atoms with Crippen molar-refractivity contribution in [3.63, 3.8) is 0 Å². The Morgan fingerprint density at radius 2 is 0.843 bits per heavy atom. The molecule has 1 aliphatic carbocycles. The molecule has 0 aromatic heterocycles. The summed E-state index contributed by atoms with van der Waals surface area (Å²) in [6, 6.07) is 75.3. The lowest BCUT2D eigenvalue weighted by molar-refractivity contribution is 0.768. The van der Waals surface area contributed by atoms with E-state index in [-0.39, 0.29) is 0 Å². The van der Waals surface area contributed by atoms with Gasteiger partial charge in [-0.15, -0.1) is 0 Å². The van der Waals surface area contributed by atoms with Crippen molar-refractivity contribution in [1.82, 2.24) is 0 Å². The van der Waals surface area contributed by atoms with Gasteiger partial charge >= 0.3 is 0 Å². The zero-order valence-corrected chi connectivity index (χ0v) is 28.6. The zero-order valence-electron chi connectivity index (χ0n) is 28.6. The Morgan fingerprint density at radius 3 is 1.55 bits per heavy atom. The first-order valence-corrected chi connectivity index (χ1v) is 17.7. The minimum atomic E-state index is -0.436. The highest BCUT2D eigenvalue weighted by atomic mass is 15.1. The van der Waals surface area contributed by atoms with Crippen LogP contribution in [0.5, 0.6) is 0 Å². The number of hydrogen-bond acceptors (Lipinski definition) is 1. The summed E-state index contributed by atoms with van der Waals surface area (Å²) in [6.45, 7) is 2.16. The number of fused-ring (bicyclic) bond motifs is 3. The van der Waals surface area contributed by atoms with Gasteiger partial charge in [0, 0.05) is 17.1 Å². The summed E-state index contributed by atoms with van der Waals surface area (Å²) in [6.07, 6.45) is 0. The molecule has 0 heterocycles. The monoisotopic (exact) mass is 651 g/mol. The molecule has 0 saturated heterocycles. The highest BCUT2D eigenvalue weighted by molar-refractivity contribution is 5.90. The Balaban J connectivity index is 1.26. The Hall–Kier alpha value is -6.44. The van der Waals surface area contributed by atoms with Crippen LogP contribution in [0.1, 0.15) is 27.8 Å². The van der Waals surface area contributed by atoms with Gasteiger partial charge in [-0.05, 0) is 99.0 Å². The topological polar surface area (TPSA) is 3.24 Å². The molecule has 242 valence electrons. The van der Waals surface area contributed by atoms with Gasteiger partial charge in [0.15, 0.2) is 0 Å². The molecule has 1 heteroatoms. The third kappa shape index (κ3) is 5.26. The van der Waals surface area contributed by atoms with Crippen LogP contribution in [0.4, 0.5) is 17.1 Å². The van der Waals surface area contributed by atoms with Crippen molar-refractivity contribution in [2.24, 2.45) is 0 Å². The lowest BCUT2D eigenvalue weighted by Gasteiger charge is -2.34. The number of rotatable bonds is 7. The molecule has 0 spiro atoms. The van der Waals surface area contributed by atoms with Gasteiger partial charge in [-0.25, -0.2) is 0 Å². The molecule has 0 radical (unpaired) electrons. The largest absolute Gasteiger partial charge is 0.310 e. The molecule has 1 aliphatic rings. The summed E-state index contributed by atoms with van der Waals surface area (Å²) in [5.74, 6) is 0. The Kier molecular flexibility index (Phi) is 7.67. The van der Waals surface area contributed by atoms with Gasteiger partial charge in [-0.3, -0.25) is 0 Å². The van der Waals surface area contributed by atoms with Gasteiger partial charge in [0.05, 0.1) is 5.41 Å². The summed E-state index contributed by atoms with van der Waals surface area (Å²) in [7, 11) is 0. The fourth-order valence-corrected chi connectivity index (χ4v) is 8.03. The van der Waals surface area contributed by atoms with E-state index in [4.69, 9.17) is 0 Å². The van der Waals surface area contributed by atoms with Crippen molar-refractivity contribution in [3.8, 4) is 33.4 Å². The van der Waals surface area contributed by atoms with Crippen LogP contribution < -0.4 is 4.90 Å². The Morgan fingerprint density at radius 1 is 0.333 bits per heavy atom. The van der Waals surface area contributed by atoms with Gasteiger partial charge in [-0.2, -0.15) is 0 Å². The lowest BCUT2D eigenvalue weighted by atomic mass is 9.67. The molecule has 8 aromatic rings. The second-order valence-electron chi connectivity index (χ2n) is 13.4. The summed E-state index contributed by atoms with van der Waals surface area (Å²) in [5.41, 5.74) is 16.7. The van der Waals surface area contributed by atoms with Crippen LogP contribution in [-0.4, -0.2) is 0 Å². The van der Waals surface area contributed by atoms with Crippen molar-refractivity contribution in [3.05, 3.63) is 234 Å². The molecule has 0 saturated carbocycles. The molecular formula is C50H37N. The van der Waals surface area contributed by atoms with E-state index in [0.29, 0.717) is 0 Å². The summed E-state index contributed by atoms with van der Waals surface area (Å²) in [5, 5.41) is 0. The van der Waals surface area contributed by atoms with Gasteiger partial charge in [0.2, 0.25) is 0 Å². The lowest BCUT2D eigenvalue weighted by Crippen LogP contribution is -2.28. The molecule has 1 unspecified atom stereocenters. The van der Waals surface area contributed by atoms with Crippen molar-refractivity contribution in [1.29, 1.82) is 0 Å². The zero-order chi connectivity index (χ0) is 34.2. The standard InChI is InChI=1S/C50H37N/c1-36-24-28-42(29-25-36)50(41-19-9-4-10-20-41)48-23-12-11-22-46(48)47-35-45(32-33-49(47)50)51(43-30-26-39(27-31-43)37-14-5-2-6-15-37)44-21-13-18-40(34-44)38-16-7-3-8-17-38/h2-35H,1H3. The number of anilines is 3. The molecule has 51 heavy (non-hydrogen) atoms. The molecule has 0 N–H and O–H groups in total. The average Bonchev–Trinajstić information content (AvgIpc) is 3.50. The van der Waals surface area contributed by atoms with E-state index < -0.39 is 5.41 Å². The maximum Gasteiger partial charge on any atom is 0.0713 e. The van der Waals surface area contributed by atoms with Crippen LogP contribution in [-0.2, 0) is 5.41 Å².